The van der Waals surface area contributed by atoms with E-state index in [1.54, 1.807) is 11.6 Å². The van der Waals surface area contributed by atoms with E-state index in [0.29, 0.717) is 18.8 Å². The number of aromatic nitrogens is 4. The summed E-state index contributed by atoms with van der Waals surface area (Å²) in [6.45, 7) is 1.22. The molecule has 32 heavy (non-hydrogen) atoms. The number of aryl methyl sites for hydroxylation is 1. The molecule has 0 radical (unpaired) electrons. The van der Waals surface area contributed by atoms with Crippen LogP contribution in [0.15, 0.2) is 70.8 Å². The van der Waals surface area contributed by atoms with Crippen molar-refractivity contribution in [3.05, 3.63) is 88.0 Å². The number of carbonyl (C=O) groups excluding carboxylic acids is 1. The predicted molar refractivity (Wildman–Crippen MR) is 124 cm³/mol. The van der Waals surface area contributed by atoms with Gasteiger partial charge in [0, 0.05) is 37.0 Å². The lowest BCUT2D eigenvalue weighted by molar-refractivity contribution is 0.0705. The van der Waals surface area contributed by atoms with Gasteiger partial charge in [0.1, 0.15) is 16.5 Å². The fraction of sp³-hybridized carbons (Fsp3) is 0.250. The molecule has 5 rings (SSSR count). The van der Waals surface area contributed by atoms with Crippen LogP contribution in [-0.4, -0.2) is 43.2 Å². The average Bonchev–Trinajstić information content (AvgIpc) is 3.45. The lowest BCUT2D eigenvalue weighted by atomic mass is 9.95. The Balaban J connectivity index is 1.31. The van der Waals surface area contributed by atoms with Crippen molar-refractivity contribution in [3.8, 4) is 16.3 Å². The maximum atomic E-state index is 13.0. The minimum Gasteiger partial charge on any atom is -0.337 e. The molecule has 1 fully saturated rings. The Bertz CT molecular complexity index is 1280. The summed E-state index contributed by atoms with van der Waals surface area (Å²) in [4.78, 5) is 32.2. The minimum absolute atomic E-state index is 0.0386. The number of nitrogens with zero attached hydrogens (tertiary/aromatic N) is 5. The summed E-state index contributed by atoms with van der Waals surface area (Å²) in [6, 6.07) is 19.5. The lowest BCUT2D eigenvalue weighted by Crippen LogP contribution is -2.38. The molecule has 1 aliphatic heterocycles. The monoisotopic (exact) mass is 445 g/mol. The SMILES string of the molecule is Cn1nc(C2CCN(C(=O)c3csc(-c4ccccc4)n3)CC2)n(-c2ccccc2)c1=O. The number of thiazole rings is 1. The Labute approximate surface area is 189 Å². The average molecular weight is 446 g/mol. The summed E-state index contributed by atoms with van der Waals surface area (Å²) in [5.41, 5.74) is 2.17. The molecule has 0 atom stereocenters. The number of hydrogen-bond donors (Lipinski definition) is 0. The summed E-state index contributed by atoms with van der Waals surface area (Å²) < 4.78 is 3.08. The first-order valence-corrected chi connectivity index (χ1v) is 11.5. The van der Waals surface area contributed by atoms with Gasteiger partial charge in [0.2, 0.25) is 0 Å². The fourth-order valence-corrected chi connectivity index (χ4v) is 4.96. The molecule has 2 aromatic carbocycles. The first-order valence-electron chi connectivity index (χ1n) is 10.6. The van der Waals surface area contributed by atoms with E-state index >= 15 is 0 Å². The summed E-state index contributed by atoms with van der Waals surface area (Å²) in [5, 5.41) is 7.22. The second-order valence-corrected chi connectivity index (χ2v) is 8.76. The highest BCUT2D eigenvalue weighted by atomic mass is 32.1. The normalized spacial score (nSPS) is 14.6. The number of amides is 1. The van der Waals surface area contributed by atoms with Crippen molar-refractivity contribution in [2.45, 2.75) is 18.8 Å². The maximum Gasteiger partial charge on any atom is 0.350 e. The van der Waals surface area contributed by atoms with Gasteiger partial charge in [0.15, 0.2) is 0 Å². The van der Waals surface area contributed by atoms with Crippen molar-refractivity contribution >= 4 is 17.2 Å². The second kappa shape index (κ2) is 8.55. The van der Waals surface area contributed by atoms with E-state index in [1.165, 1.54) is 16.0 Å². The Morgan fingerprint density at radius 3 is 2.34 bits per heavy atom. The van der Waals surface area contributed by atoms with Gasteiger partial charge in [-0.05, 0) is 25.0 Å². The van der Waals surface area contributed by atoms with Gasteiger partial charge >= 0.3 is 5.69 Å². The van der Waals surface area contributed by atoms with Crippen LogP contribution in [0.5, 0.6) is 0 Å². The van der Waals surface area contributed by atoms with E-state index < -0.39 is 0 Å². The molecule has 0 bridgehead atoms. The van der Waals surface area contributed by atoms with E-state index in [9.17, 15) is 9.59 Å². The summed E-state index contributed by atoms with van der Waals surface area (Å²) in [5.74, 6) is 0.836. The number of hydrogen-bond acceptors (Lipinski definition) is 5. The minimum atomic E-state index is -0.152. The summed E-state index contributed by atoms with van der Waals surface area (Å²) in [6.07, 6.45) is 1.51. The Kier molecular flexibility index (Phi) is 5.45. The second-order valence-electron chi connectivity index (χ2n) is 7.91. The summed E-state index contributed by atoms with van der Waals surface area (Å²) >= 11 is 1.49. The van der Waals surface area contributed by atoms with Crippen LogP contribution in [0.3, 0.4) is 0 Å². The molecule has 8 heteroatoms. The van der Waals surface area contributed by atoms with Crippen molar-refractivity contribution in [1.29, 1.82) is 0 Å². The quantitative estimate of drug-likeness (QED) is 0.480. The molecule has 7 nitrogen and oxygen atoms in total. The molecule has 0 N–H and O–H groups in total. The van der Waals surface area contributed by atoms with Crippen LogP contribution in [0.2, 0.25) is 0 Å². The first-order chi connectivity index (χ1) is 15.6. The fourth-order valence-electron chi connectivity index (χ4n) is 4.16. The van der Waals surface area contributed by atoms with Gasteiger partial charge in [0.25, 0.3) is 5.91 Å². The number of likely N-dealkylation sites (tertiary alicyclic amines) is 1. The van der Waals surface area contributed by atoms with Gasteiger partial charge in [-0.1, -0.05) is 48.5 Å². The number of rotatable bonds is 4. The molecule has 1 aliphatic rings. The summed E-state index contributed by atoms with van der Waals surface area (Å²) in [7, 11) is 1.68. The molecular formula is C24H23N5O2S. The third kappa shape index (κ3) is 3.78. The van der Waals surface area contributed by atoms with Gasteiger partial charge in [0.05, 0.1) is 5.69 Å². The standard InChI is InChI=1S/C24H23N5O2S/c1-27-24(31)29(19-10-6-3-7-11-19)21(26-27)17-12-14-28(15-13-17)23(30)20-16-32-22(25-20)18-8-4-2-5-9-18/h2-11,16-17H,12-15H2,1H3. The van der Waals surface area contributed by atoms with Crippen LogP contribution in [0.25, 0.3) is 16.3 Å². The van der Waals surface area contributed by atoms with Crippen molar-refractivity contribution < 1.29 is 4.79 Å². The third-order valence-corrected chi connectivity index (χ3v) is 6.75. The van der Waals surface area contributed by atoms with E-state index in [4.69, 9.17) is 0 Å². The zero-order valence-electron chi connectivity index (χ0n) is 17.7. The van der Waals surface area contributed by atoms with Crippen molar-refractivity contribution in [2.24, 2.45) is 7.05 Å². The molecule has 0 spiro atoms. The van der Waals surface area contributed by atoms with E-state index in [0.717, 1.165) is 34.9 Å². The molecule has 1 amide bonds. The number of benzene rings is 2. The highest BCUT2D eigenvalue weighted by Crippen LogP contribution is 2.29. The lowest BCUT2D eigenvalue weighted by Gasteiger charge is -2.31. The molecular weight excluding hydrogens is 422 g/mol. The van der Waals surface area contributed by atoms with Crippen molar-refractivity contribution in [1.82, 2.24) is 24.2 Å². The Morgan fingerprint density at radius 1 is 1.00 bits per heavy atom. The molecule has 0 aliphatic carbocycles. The predicted octanol–water partition coefficient (Wildman–Crippen LogP) is 3.71. The van der Waals surface area contributed by atoms with E-state index in [1.807, 2.05) is 70.9 Å². The van der Waals surface area contributed by atoms with Gasteiger partial charge in [-0.25, -0.2) is 19.0 Å². The molecule has 2 aromatic heterocycles. The van der Waals surface area contributed by atoms with Gasteiger partial charge < -0.3 is 4.90 Å². The van der Waals surface area contributed by atoms with Crippen LogP contribution in [0.4, 0.5) is 0 Å². The van der Waals surface area contributed by atoms with E-state index in [2.05, 4.69) is 10.1 Å². The number of carbonyl (C=O) groups is 1. The molecule has 0 unspecified atom stereocenters. The molecule has 3 heterocycles. The van der Waals surface area contributed by atoms with Crippen molar-refractivity contribution in [3.63, 3.8) is 0 Å². The smallest absolute Gasteiger partial charge is 0.337 e. The zero-order chi connectivity index (χ0) is 22.1. The molecule has 4 aromatic rings. The first kappa shape index (κ1) is 20.4. The highest BCUT2D eigenvalue weighted by Gasteiger charge is 2.30. The van der Waals surface area contributed by atoms with E-state index in [-0.39, 0.29) is 17.5 Å². The van der Waals surface area contributed by atoms with Gasteiger partial charge in [-0.3, -0.25) is 4.79 Å². The van der Waals surface area contributed by atoms with Crippen LogP contribution in [0.1, 0.15) is 35.1 Å². The Morgan fingerprint density at radius 2 is 1.66 bits per heavy atom. The van der Waals surface area contributed by atoms with Crippen LogP contribution in [-0.2, 0) is 7.05 Å². The Hall–Kier alpha value is -3.52. The number of para-hydroxylation sites is 1. The van der Waals surface area contributed by atoms with Gasteiger partial charge in [-0.15, -0.1) is 11.3 Å². The topological polar surface area (TPSA) is 73.0 Å². The maximum absolute atomic E-state index is 13.0. The molecule has 1 saturated heterocycles. The van der Waals surface area contributed by atoms with Crippen LogP contribution < -0.4 is 5.69 Å². The zero-order valence-corrected chi connectivity index (χ0v) is 18.5. The molecule has 0 saturated carbocycles. The largest absolute Gasteiger partial charge is 0.350 e. The van der Waals surface area contributed by atoms with Crippen LogP contribution in [0, 0.1) is 0 Å². The number of piperidine rings is 1. The van der Waals surface area contributed by atoms with Crippen molar-refractivity contribution in [2.75, 3.05) is 13.1 Å². The highest BCUT2D eigenvalue weighted by molar-refractivity contribution is 7.13. The van der Waals surface area contributed by atoms with Gasteiger partial charge in [-0.2, -0.15) is 5.10 Å². The van der Waals surface area contributed by atoms with Crippen LogP contribution >= 0.6 is 11.3 Å². The third-order valence-electron chi connectivity index (χ3n) is 5.86. The molecule has 162 valence electrons.